The summed E-state index contributed by atoms with van der Waals surface area (Å²) < 4.78 is 0.713. The van der Waals surface area contributed by atoms with E-state index in [-0.39, 0.29) is 0 Å². The molecule has 0 aromatic carbocycles. The van der Waals surface area contributed by atoms with Crippen molar-refractivity contribution < 1.29 is 0 Å². The summed E-state index contributed by atoms with van der Waals surface area (Å²) >= 11 is 3.13. The fourth-order valence-electron chi connectivity index (χ4n) is 0.351. The Balaban J connectivity index is 3.08. The van der Waals surface area contributed by atoms with E-state index in [4.69, 9.17) is 7.85 Å². The van der Waals surface area contributed by atoms with Gasteiger partial charge in [-0.2, -0.15) is 0 Å². The van der Waals surface area contributed by atoms with Crippen LogP contribution in [-0.2, 0) is 0 Å². The molecular formula is C4H2BBrN2. The number of aromatic nitrogens is 2. The lowest BCUT2D eigenvalue weighted by atomic mass is 10.1. The Hall–Kier alpha value is -0.375. The molecule has 0 saturated heterocycles. The monoisotopic (exact) mass is 168 g/mol. The molecule has 0 amide bonds. The second-order valence-corrected chi connectivity index (χ2v) is 2.05. The van der Waals surface area contributed by atoms with E-state index in [2.05, 4.69) is 25.9 Å². The summed E-state index contributed by atoms with van der Waals surface area (Å²) in [6.45, 7) is 0. The molecule has 38 valence electrons. The third kappa shape index (κ3) is 1.30. The van der Waals surface area contributed by atoms with E-state index in [9.17, 15) is 0 Å². The van der Waals surface area contributed by atoms with Gasteiger partial charge in [0.1, 0.15) is 4.60 Å². The van der Waals surface area contributed by atoms with E-state index in [1.807, 2.05) is 0 Å². The van der Waals surface area contributed by atoms with Crippen LogP contribution < -0.4 is 5.72 Å². The molecular weight excluding hydrogens is 167 g/mol. The molecule has 1 aromatic rings. The Morgan fingerprint density at radius 1 is 1.62 bits per heavy atom. The van der Waals surface area contributed by atoms with E-state index in [1.54, 1.807) is 12.3 Å². The summed E-state index contributed by atoms with van der Waals surface area (Å²) in [6, 6.07) is 1.72. The van der Waals surface area contributed by atoms with Crippen LogP contribution in [0.3, 0.4) is 0 Å². The van der Waals surface area contributed by atoms with Gasteiger partial charge in [-0.05, 0) is 22.0 Å². The van der Waals surface area contributed by atoms with Crippen molar-refractivity contribution in [3.63, 3.8) is 0 Å². The molecule has 0 aliphatic carbocycles. The Kier molecular flexibility index (Phi) is 1.63. The van der Waals surface area contributed by atoms with Gasteiger partial charge in [-0.1, -0.05) is 0 Å². The normalized spacial score (nSPS) is 9.12. The molecule has 2 radical (unpaired) electrons. The predicted molar refractivity (Wildman–Crippen MR) is 35.1 cm³/mol. The van der Waals surface area contributed by atoms with Crippen molar-refractivity contribution in [1.29, 1.82) is 0 Å². The summed E-state index contributed by atoms with van der Waals surface area (Å²) in [7, 11) is 5.21. The molecule has 0 N–H and O–H groups in total. The first kappa shape index (κ1) is 5.76. The van der Waals surface area contributed by atoms with Crippen LogP contribution in [0.2, 0.25) is 0 Å². The molecule has 8 heavy (non-hydrogen) atoms. The fourth-order valence-corrected chi connectivity index (χ4v) is 0.651. The second-order valence-electron chi connectivity index (χ2n) is 1.24. The molecule has 0 atom stereocenters. The summed E-state index contributed by atoms with van der Waals surface area (Å²) in [4.78, 5) is 7.43. The minimum atomic E-state index is 0.291. The average molecular weight is 169 g/mol. The molecule has 0 spiro atoms. The van der Waals surface area contributed by atoms with Crippen LogP contribution >= 0.6 is 15.9 Å². The first-order chi connectivity index (χ1) is 3.79. The van der Waals surface area contributed by atoms with Gasteiger partial charge in [-0.15, -0.1) is 0 Å². The van der Waals surface area contributed by atoms with E-state index >= 15 is 0 Å². The van der Waals surface area contributed by atoms with Gasteiger partial charge in [0.25, 0.3) is 0 Å². The van der Waals surface area contributed by atoms with E-state index in [0.29, 0.717) is 10.3 Å². The maximum Gasteiger partial charge on any atom is 0.170 e. The molecule has 1 aromatic heterocycles. The highest BCUT2D eigenvalue weighted by Crippen LogP contribution is 1.97. The van der Waals surface area contributed by atoms with Crippen LogP contribution in [0.25, 0.3) is 0 Å². The van der Waals surface area contributed by atoms with Crippen LogP contribution in [0.15, 0.2) is 16.9 Å². The van der Waals surface area contributed by atoms with Crippen LogP contribution in [0.1, 0.15) is 0 Å². The number of hydrogen-bond acceptors (Lipinski definition) is 2. The van der Waals surface area contributed by atoms with Gasteiger partial charge in [-0.3, -0.25) is 4.98 Å². The Morgan fingerprint density at radius 3 is 2.75 bits per heavy atom. The molecule has 0 fully saturated rings. The van der Waals surface area contributed by atoms with Crippen molar-refractivity contribution >= 4 is 29.5 Å². The molecule has 0 saturated carbocycles. The lowest BCUT2D eigenvalue weighted by molar-refractivity contribution is 1.20. The highest BCUT2D eigenvalue weighted by molar-refractivity contribution is 9.10. The van der Waals surface area contributed by atoms with Gasteiger partial charge in [-0.25, -0.2) is 4.98 Å². The second kappa shape index (κ2) is 2.26. The standard InChI is InChI=1S/C4H2BBrN2/c5-4-7-2-1-3(6)8-4/h1-2H. The average Bonchev–Trinajstić information content (AvgIpc) is 1.64. The van der Waals surface area contributed by atoms with Crippen molar-refractivity contribution in [2.24, 2.45) is 0 Å². The molecule has 2 nitrogen and oxygen atoms in total. The van der Waals surface area contributed by atoms with Gasteiger partial charge in [0, 0.05) is 6.20 Å². The van der Waals surface area contributed by atoms with Crippen LogP contribution in [0.5, 0.6) is 0 Å². The van der Waals surface area contributed by atoms with Crippen molar-refractivity contribution in [2.75, 3.05) is 0 Å². The first-order valence-corrected chi connectivity index (χ1v) is 2.82. The lowest BCUT2D eigenvalue weighted by Gasteiger charge is -1.88. The largest absolute Gasteiger partial charge is 0.254 e. The van der Waals surface area contributed by atoms with Gasteiger partial charge in [0.05, 0.1) is 5.72 Å². The lowest BCUT2D eigenvalue weighted by Crippen LogP contribution is -2.11. The van der Waals surface area contributed by atoms with Gasteiger partial charge < -0.3 is 0 Å². The summed E-state index contributed by atoms with van der Waals surface area (Å²) in [5, 5.41) is 0. The smallest absolute Gasteiger partial charge is 0.170 e. The first-order valence-electron chi connectivity index (χ1n) is 2.03. The highest BCUT2D eigenvalue weighted by Gasteiger charge is 1.85. The van der Waals surface area contributed by atoms with Crippen molar-refractivity contribution in [3.8, 4) is 0 Å². The van der Waals surface area contributed by atoms with Gasteiger partial charge in [0.15, 0.2) is 7.85 Å². The Bertz CT molecular complexity index is 174. The van der Waals surface area contributed by atoms with Crippen molar-refractivity contribution in [1.82, 2.24) is 9.97 Å². The van der Waals surface area contributed by atoms with E-state index in [1.165, 1.54) is 0 Å². The molecule has 1 heterocycles. The Morgan fingerprint density at radius 2 is 2.38 bits per heavy atom. The maximum absolute atomic E-state index is 5.21. The minimum absolute atomic E-state index is 0.291. The van der Waals surface area contributed by atoms with Gasteiger partial charge in [0.2, 0.25) is 0 Å². The van der Waals surface area contributed by atoms with Crippen LogP contribution in [0.4, 0.5) is 0 Å². The van der Waals surface area contributed by atoms with E-state index < -0.39 is 0 Å². The number of nitrogens with zero attached hydrogens (tertiary/aromatic N) is 2. The van der Waals surface area contributed by atoms with Gasteiger partial charge >= 0.3 is 0 Å². The molecule has 1 rings (SSSR count). The minimum Gasteiger partial charge on any atom is -0.254 e. The molecule has 0 bridgehead atoms. The zero-order chi connectivity index (χ0) is 5.98. The third-order valence-electron chi connectivity index (χ3n) is 0.640. The van der Waals surface area contributed by atoms with Crippen molar-refractivity contribution in [2.45, 2.75) is 0 Å². The quantitative estimate of drug-likeness (QED) is 0.404. The zero-order valence-electron chi connectivity index (χ0n) is 4.00. The fraction of sp³-hybridized carbons (Fsp3) is 0. The molecule has 0 unspecified atom stereocenters. The predicted octanol–water partition coefficient (Wildman–Crippen LogP) is 0.0329. The van der Waals surface area contributed by atoms with Crippen molar-refractivity contribution in [3.05, 3.63) is 16.9 Å². The number of halogens is 1. The molecule has 4 heteroatoms. The number of hydrogen-bond donors (Lipinski definition) is 0. The molecule has 0 aliphatic rings. The SMILES string of the molecule is [B]c1nccc(Br)n1. The topological polar surface area (TPSA) is 25.8 Å². The third-order valence-corrected chi connectivity index (χ3v) is 1.08. The summed E-state index contributed by atoms with van der Waals surface area (Å²) in [5.74, 6) is 0. The number of rotatable bonds is 0. The van der Waals surface area contributed by atoms with Crippen LogP contribution in [-0.4, -0.2) is 17.8 Å². The maximum atomic E-state index is 5.21. The van der Waals surface area contributed by atoms with E-state index in [0.717, 1.165) is 0 Å². The highest BCUT2D eigenvalue weighted by atomic mass is 79.9. The summed E-state index contributed by atoms with van der Waals surface area (Å²) in [6.07, 6.45) is 1.59. The summed E-state index contributed by atoms with van der Waals surface area (Å²) in [5.41, 5.74) is 0.291. The van der Waals surface area contributed by atoms with Crippen LogP contribution in [0, 0.1) is 0 Å². The Labute approximate surface area is 56.9 Å². The zero-order valence-corrected chi connectivity index (χ0v) is 5.59. The molecule has 0 aliphatic heterocycles.